The number of ether oxygens (including phenoxy) is 2. The van der Waals surface area contributed by atoms with Gasteiger partial charge in [-0.3, -0.25) is 9.78 Å². The summed E-state index contributed by atoms with van der Waals surface area (Å²) in [6.07, 6.45) is 2.47. The van der Waals surface area contributed by atoms with Gasteiger partial charge in [0, 0.05) is 21.6 Å². The van der Waals surface area contributed by atoms with Crippen LogP contribution < -0.4 is 14.9 Å². The fourth-order valence-electron chi connectivity index (χ4n) is 2.48. The van der Waals surface area contributed by atoms with Crippen LogP contribution in [-0.2, 0) is 4.79 Å². The zero-order valence-electron chi connectivity index (χ0n) is 14.8. The van der Waals surface area contributed by atoms with E-state index in [9.17, 15) is 4.79 Å². The molecular weight excluding hydrogens is 410 g/mol. The third kappa shape index (κ3) is 4.62. The molecule has 0 saturated carbocycles. The van der Waals surface area contributed by atoms with Crippen LogP contribution in [0.4, 0.5) is 0 Å². The van der Waals surface area contributed by atoms with Crippen LogP contribution in [0, 0.1) is 0 Å². The molecule has 1 heterocycles. The predicted octanol–water partition coefficient (Wildman–Crippen LogP) is 3.92. The Labute approximate surface area is 165 Å². The Kier molecular flexibility index (Phi) is 6.03. The van der Waals surface area contributed by atoms with Crippen molar-refractivity contribution in [1.82, 2.24) is 10.4 Å². The van der Waals surface area contributed by atoms with Crippen molar-refractivity contribution in [3.05, 3.63) is 64.8 Å². The van der Waals surface area contributed by atoms with Crippen molar-refractivity contribution >= 4 is 39.0 Å². The van der Waals surface area contributed by atoms with Crippen molar-refractivity contribution in [2.45, 2.75) is 13.0 Å². The number of rotatable bonds is 6. The molecule has 1 amide bonds. The molecule has 0 aliphatic rings. The second-order valence-corrected chi connectivity index (χ2v) is 6.63. The highest BCUT2D eigenvalue weighted by Crippen LogP contribution is 2.24. The highest BCUT2D eigenvalue weighted by atomic mass is 79.9. The molecule has 0 saturated heterocycles. The number of pyridine rings is 1. The maximum Gasteiger partial charge on any atom is 0.280 e. The summed E-state index contributed by atoms with van der Waals surface area (Å²) in [7, 11) is 1.58. The van der Waals surface area contributed by atoms with Gasteiger partial charge < -0.3 is 9.47 Å². The summed E-state index contributed by atoms with van der Waals surface area (Å²) >= 11 is 3.40. The highest BCUT2D eigenvalue weighted by Gasteiger charge is 2.15. The van der Waals surface area contributed by atoms with Gasteiger partial charge in [-0.05, 0) is 37.3 Å². The number of amides is 1. The Bertz CT molecular complexity index is 986. The SMILES string of the molecule is COc1ccc(Br)cc1/C=N\NC(=O)[C@@H](C)Oc1cccc2cccnc12. The number of hydrogen-bond donors (Lipinski definition) is 1. The van der Waals surface area contributed by atoms with Crippen LogP contribution >= 0.6 is 15.9 Å². The molecule has 2 aromatic carbocycles. The first-order valence-electron chi connectivity index (χ1n) is 8.25. The number of hydrogen-bond acceptors (Lipinski definition) is 5. The van der Waals surface area contributed by atoms with E-state index in [0.717, 1.165) is 15.4 Å². The molecule has 27 heavy (non-hydrogen) atoms. The van der Waals surface area contributed by atoms with Gasteiger partial charge in [-0.25, -0.2) is 5.43 Å². The summed E-state index contributed by atoms with van der Waals surface area (Å²) in [6.45, 7) is 1.66. The first-order chi connectivity index (χ1) is 13.1. The minimum Gasteiger partial charge on any atom is -0.496 e. The lowest BCUT2D eigenvalue weighted by molar-refractivity contribution is -0.127. The zero-order valence-corrected chi connectivity index (χ0v) is 16.4. The lowest BCUT2D eigenvalue weighted by Gasteiger charge is -2.14. The fourth-order valence-corrected chi connectivity index (χ4v) is 2.86. The minimum absolute atomic E-state index is 0.367. The number of nitrogens with one attached hydrogen (secondary N) is 1. The summed E-state index contributed by atoms with van der Waals surface area (Å²) in [6, 6.07) is 14.9. The van der Waals surface area contributed by atoms with Gasteiger partial charge in [0.2, 0.25) is 0 Å². The van der Waals surface area contributed by atoms with Crippen LogP contribution in [0.25, 0.3) is 10.9 Å². The second kappa shape index (κ2) is 8.64. The summed E-state index contributed by atoms with van der Waals surface area (Å²) in [5.41, 5.74) is 3.93. The Balaban J connectivity index is 1.67. The standard InChI is InChI=1S/C20H18BrN3O3/c1-13(27-18-7-3-5-14-6-4-10-22-19(14)18)20(25)24-23-12-15-11-16(21)8-9-17(15)26-2/h3-13H,1-2H3,(H,24,25)/b23-12-/t13-/m1/s1. The van der Waals surface area contributed by atoms with Crippen molar-refractivity contribution in [1.29, 1.82) is 0 Å². The van der Waals surface area contributed by atoms with E-state index >= 15 is 0 Å². The van der Waals surface area contributed by atoms with Gasteiger partial charge >= 0.3 is 0 Å². The van der Waals surface area contributed by atoms with Crippen molar-refractivity contribution in [3.63, 3.8) is 0 Å². The van der Waals surface area contributed by atoms with Crippen LogP contribution in [0.1, 0.15) is 12.5 Å². The molecular formula is C20H18BrN3O3. The molecule has 0 radical (unpaired) electrons. The van der Waals surface area contributed by atoms with Crippen LogP contribution in [-0.4, -0.2) is 30.3 Å². The fraction of sp³-hybridized carbons (Fsp3) is 0.150. The van der Waals surface area contributed by atoms with Crippen LogP contribution in [0.2, 0.25) is 0 Å². The molecule has 0 fully saturated rings. The third-order valence-electron chi connectivity index (χ3n) is 3.84. The van der Waals surface area contributed by atoms with Gasteiger partial charge in [0.25, 0.3) is 5.91 Å². The number of nitrogens with zero attached hydrogens (tertiary/aromatic N) is 2. The monoisotopic (exact) mass is 427 g/mol. The predicted molar refractivity (Wildman–Crippen MR) is 108 cm³/mol. The number of carbonyl (C=O) groups is 1. The quantitative estimate of drug-likeness (QED) is 0.477. The lowest BCUT2D eigenvalue weighted by atomic mass is 10.2. The number of aromatic nitrogens is 1. The maximum absolute atomic E-state index is 12.3. The van der Waals surface area contributed by atoms with Crippen molar-refractivity contribution < 1.29 is 14.3 Å². The van der Waals surface area contributed by atoms with E-state index in [1.807, 2.05) is 42.5 Å². The highest BCUT2D eigenvalue weighted by molar-refractivity contribution is 9.10. The van der Waals surface area contributed by atoms with Gasteiger partial charge in [-0.15, -0.1) is 0 Å². The molecule has 1 atom stereocenters. The summed E-state index contributed by atoms with van der Waals surface area (Å²) < 4.78 is 11.9. The summed E-state index contributed by atoms with van der Waals surface area (Å²) in [5, 5.41) is 4.94. The molecule has 3 aromatic rings. The van der Waals surface area contributed by atoms with Gasteiger partial charge in [0.05, 0.1) is 13.3 Å². The molecule has 1 aromatic heterocycles. The van der Waals surface area contributed by atoms with Gasteiger partial charge in [-0.1, -0.05) is 34.1 Å². The Morgan fingerprint density at radius 3 is 2.85 bits per heavy atom. The van der Waals surface area contributed by atoms with Gasteiger partial charge in [0.15, 0.2) is 6.10 Å². The van der Waals surface area contributed by atoms with E-state index in [1.165, 1.54) is 6.21 Å². The Morgan fingerprint density at radius 2 is 2.04 bits per heavy atom. The molecule has 1 N–H and O–H groups in total. The van der Waals surface area contributed by atoms with Crippen molar-refractivity contribution in [2.24, 2.45) is 5.10 Å². The van der Waals surface area contributed by atoms with E-state index in [1.54, 1.807) is 26.3 Å². The smallest absolute Gasteiger partial charge is 0.280 e. The topological polar surface area (TPSA) is 72.8 Å². The van der Waals surface area contributed by atoms with E-state index in [0.29, 0.717) is 17.0 Å². The van der Waals surface area contributed by atoms with E-state index in [2.05, 4.69) is 31.4 Å². The number of para-hydroxylation sites is 1. The zero-order chi connectivity index (χ0) is 19.2. The van der Waals surface area contributed by atoms with Gasteiger partial charge in [0.1, 0.15) is 17.0 Å². The van der Waals surface area contributed by atoms with Crippen LogP contribution in [0.5, 0.6) is 11.5 Å². The van der Waals surface area contributed by atoms with Gasteiger partial charge in [-0.2, -0.15) is 5.10 Å². The van der Waals surface area contributed by atoms with E-state index < -0.39 is 6.10 Å². The van der Waals surface area contributed by atoms with E-state index in [-0.39, 0.29) is 5.91 Å². The Morgan fingerprint density at radius 1 is 1.22 bits per heavy atom. The molecule has 0 spiro atoms. The van der Waals surface area contributed by atoms with Crippen LogP contribution in [0.15, 0.2) is 64.3 Å². The minimum atomic E-state index is -0.737. The third-order valence-corrected chi connectivity index (χ3v) is 4.33. The molecule has 0 aliphatic carbocycles. The average Bonchev–Trinajstić information content (AvgIpc) is 2.68. The largest absolute Gasteiger partial charge is 0.496 e. The van der Waals surface area contributed by atoms with Crippen LogP contribution in [0.3, 0.4) is 0 Å². The average molecular weight is 428 g/mol. The maximum atomic E-state index is 12.3. The number of fused-ring (bicyclic) bond motifs is 1. The number of halogens is 1. The number of methoxy groups -OCH3 is 1. The number of carbonyl (C=O) groups excluding carboxylic acids is 1. The van der Waals surface area contributed by atoms with Crippen molar-refractivity contribution in [3.8, 4) is 11.5 Å². The van der Waals surface area contributed by atoms with Crippen molar-refractivity contribution in [2.75, 3.05) is 7.11 Å². The Hall–Kier alpha value is -2.93. The molecule has 6 nitrogen and oxygen atoms in total. The number of benzene rings is 2. The normalized spacial score (nSPS) is 12.1. The summed E-state index contributed by atoms with van der Waals surface area (Å²) in [4.78, 5) is 16.6. The first-order valence-corrected chi connectivity index (χ1v) is 9.04. The molecule has 138 valence electrons. The molecule has 0 aliphatic heterocycles. The molecule has 0 bridgehead atoms. The molecule has 3 rings (SSSR count). The van der Waals surface area contributed by atoms with E-state index in [4.69, 9.17) is 9.47 Å². The first kappa shape index (κ1) is 18.8. The molecule has 7 heteroatoms. The number of hydrazone groups is 1. The second-order valence-electron chi connectivity index (χ2n) is 5.71. The summed E-state index contributed by atoms with van der Waals surface area (Å²) in [5.74, 6) is 0.837. The molecule has 0 unspecified atom stereocenters. The lowest BCUT2D eigenvalue weighted by Crippen LogP contribution is -2.33.